The van der Waals surface area contributed by atoms with Gasteiger partial charge in [0.25, 0.3) is 6.47 Å². The summed E-state index contributed by atoms with van der Waals surface area (Å²) in [4.78, 5) is 8.36. The summed E-state index contributed by atoms with van der Waals surface area (Å²) in [5.41, 5.74) is 0. The van der Waals surface area contributed by atoms with Crippen molar-refractivity contribution < 1.29 is 9.90 Å². The van der Waals surface area contributed by atoms with E-state index >= 15 is 0 Å². The zero-order valence-electron chi connectivity index (χ0n) is 1.43. The molecule has 0 aromatic carbocycles. The molecule has 24 valence electrons. The van der Waals surface area contributed by atoms with Crippen molar-refractivity contribution in [3.63, 3.8) is 0 Å². The fourth-order valence-corrected chi connectivity index (χ4v) is 0. The summed E-state index contributed by atoms with van der Waals surface area (Å²) in [6.07, 6.45) is 0. The Morgan fingerprint density at radius 2 is 1.75 bits per heavy atom. The molecule has 0 rings (SSSR count). The van der Waals surface area contributed by atoms with Crippen LogP contribution in [0.25, 0.3) is 0 Å². The second kappa shape index (κ2) is 10.2. The number of carbonyl (C=O) groups is 1. The molecule has 0 spiro atoms. The van der Waals surface area contributed by atoms with Gasteiger partial charge >= 0.3 is 25.8 Å². The average Bonchev–Trinajstić information content (AvgIpc) is 0.918. The first kappa shape index (κ1) is 8.84. The van der Waals surface area contributed by atoms with Crippen LogP contribution in [0.3, 0.4) is 0 Å². The Hall–Kier alpha value is 0.340. The molecule has 0 radical (unpaired) electrons. The van der Waals surface area contributed by atoms with Crippen molar-refractivity contribution in [1.82, 2.24) is 0 Å². The first-order valence-corrected chi connectivity index (χ1v) is 0.494. The standard InChI is InChI=1S/CH2O2.In.3H/c2-1-3;;;;/h1H,(H,2,3);;;;. The Kier molecular flexibility index (Phi) is 22.5. The van der Waals surface area contributed by atoms with Gasteiger partial charge in [-0.25, -0.2) is 0 Å². The molecule has 1 N–H and O–H groups in total. The van der Waals surface area contributed by atoms with Crippen molar-refractivity contribution >= 4 is 32.3 Å². The van der Waals surface area contributed by atoms with E-state index in [2.05, 4.69) is 0 Å². The van der Waals surface area contributed by atoms with Gasteiger partial charge in [-0.2, -0.15) is 0 Å². The van der Waals surface area contributed by atoms with Crippen molar-refractivity contribution in [2.45, 2.75) is 0 Å². The first-order valence-electron chi connectivity index (χ1n) is 0.494. The van der Waals surface area contributed by atoms with Crippen LogP contribution >= 0.6 is 0 Å². The van der Waals surface area contributed by atoms with Gasteiger partial charge in [-0.15, -0.1) is 0 Å². The van der Waals surface area contributed by atoms with E-state index in [4.69, 9.17) is 9.90 Å². The summed E-state index contributed by atoms with van der Waals surface area (Å²) in [7, 11) is 0. The zero-order valence-corrected chi connectivity index (χ0v) is 1.43. The van der Waals surface area contributed by atoms with E-state index in [-0.39, 0.29) is 32.3 Å². The van der Waals surface area contributed by atoms with Crippen molar-refractivity contribution in [1.29, 1.82) is 0 Å². The molecule has 0 heterocycles. The fourth-order valence-electron chi connectivity index (χ4n) is 0. The normalized spacial score (nSPS) is 3.00. The van der Waals surface area contributed by atoms with Crippen LogP contribution in [0.2, 0.25) is 0 Å². The third-order valence-electron chi connectivity index (χ3n) is 0. The van der Waals surface area contributed by atoms with Crippen LogP contribution in [0.5, 0.6) is 0 Å². The quantitative estimate of drug-likeness (QED) is 0.443. The number of hydrogen-bond donors (Lipinski definition) is 1. The molecule has 0 amide bonds. The van der Waals surface area contributed by atoms with Crippen molar-refractivity contribution in [2.24, 2.45) is 0 Å². The molecule has 0 aliphatic rings. The van der Waals surface area contributed by atoms with Gasteiger partial charge in [0, 0.05) is 0 Å². The maximum atomic E-state index is 8.36. The van der Waals surface area contributed by atoms with Crippen molar-refractivity contribution in [3.8, 4) is 0 Å². The van der Waals surface area contributed by atoms with Gasteiger partial charge < -0.3 is 5.11 Å². The Balaban J connectivity index is 0. The summed E-state index contributed by atoms with van der Waals surface area (Å²) in [5.74, 6) is 0. The van der Waals surface area contributed by atoms with Crippen LogP contribution in [0.1, 0.15) is 0 Å². The Morgan fingerprint density at radius 3 is 1.75 bits per heavy atom. The Bertz CT molecular complexity index is 13.5. The van der Waals surface area contributed by atoms with Crippen LogP contribution in [-0.4, -0.2) is 37.4 Å². The molecule has 0 saturated carbocycles. The van der Waals surface area contributed by atoms with E-state index in [0.717, 1.165) is 0 Å². The number of carboxylic acid groups (broad SMARTS) is 1. The third-order valence-corrected chi connectivity index (χ3v) is 0. The molecular weight excluding hydrogens is 159 g/mol. The molecular formula is CH5InO2. The van der Waals surface area contributed by atoms with Gasteiger partial charge in [0.05, 0.1) is 0 Å². The van der Waals surface area contributed by atoms with Crippen LogP contribution in [-0.2, 0) is 4.79 Å². The van der Waals surface area contributed by atoms with E-state index in [0.29, 0.717) is 0 Å². The summed E-state index contributed by atoms with van der Waals surface area (Å²) >= 11 is 0. The van der Waals surface area contributed by atoms with Crippen LogP contribution in [0, 0.1) is 0 Å². The summed E-state index contributed by atoms with van der Waals surface area (Å²) in [6.45, 7) is -0.250. The van der Waals surface area contributed by atoms with E-state index < -0.39 is 0 Å². The molecule has 3 heteroatoms. The number of rotatable bonds is 0. The molecule has 0 unspecified atom stereocenters. The molecule has 4 heavy (non-hydrogen) atoms. The van der Waals surface area contributed by atoms with Gasteiger partial charge in [-0.1, -0.05) is 0 Å². The molecule has 0 aliphatic heterocycles. The summed E-state index contributed by atoms with van der Waals surface area (Å²) in [5, 5.41) is 6.89. The molecule has 0 aromatic heterocycles. The predicted molar refractivity (Wildman–Crippen MR) is 18.6 cm³/mol. The van der Waals surface area contributed by atoms with Crippen LogP contribution in [0.4, 0.5) is 0 Å². The first-order chi connectivity index (χ1) is 1.41. The fraction of sp³-hybridized carbons (Fsp3) is 0. The molecule has 0 aromatic rings. The van der Waals surface area contributed by atoms with E-state index in [1.165, 1.54) is 0 Å². The average molecular weight is 164 g/mol. The third kappa shape index (κ3) is 36.3. The second-order valence-electron chi connectivity index (χ2n) is 0.105. The summed E-state index contributed by atoms with van der Waals surface area (Å²) < 4.78 is 0. The monoisotopic (exact) mass is 164 g/mol. The van der Waals surface area contributed by atoms with Crippen molar-refractivity contribution in [2.75, 3.05) is 0 Å². The second-order valence-corrected chi connectivity index (χ2v) is 0.105. The maximum absolute atomic E-state index is 8.36. The van der Waals surface area contributed by atoms with Crippen LogP contribution < -0.4 is 0 Å². The van der Waals surface area contributed by atoms with Gasteiger partial charge in [0.1, 0.15) is 0 Å². The minimum absolute atomic E-state index is 0. The zero-order chi connectivity index (χ0) is 2.71. The van der Waals surface area contributed by atoms with E-state index in [1.54, 1.807) is 0 Å². The Morgan fingerprint density at radius 1 is 1.75 bits per heavy atom. The number of hydrogen-bond acceptors (Lipinski definition) is 1. The molecule has 0 saturated heterocycles. The molecule has 0 bridgehead atoms. The molecule has 0 aliphatic carbocycles. The van der Waals surface area contributed by atoms with Gasteiger partial charge in [0.15, 0.2) is 0 Å². The van der Waals surface area contributed by atoms with Crippen LogP contribution in [0.15, 0.2) is 0 Å². The predicted octanol–water partition coefficient (Wildman–Crippen LogP) is -1.48. The minimum atomic E-state index is -0.250. The van der Waals surface area contributed by atoms with E-state index in [9.17, 15) is 0 Å². The topological polar surface area (TPSA) is 37.3 Å². The molecule has 2 nitrogen and oxygen atoms in total. The molecule has 0 fully saturated rings. The molecule has 0 atom stereocenters. The van der Waals surface area contributed by atoms with Gasteiger partial charge in [-0.05, 0) is 0 Å². The van der Waals surface area contributed by atoms with Gasteiger partial charge in [0.2, 0.25) is 0 Å². The van der Waals surface area contributed by atoms with E-state index in [1.807, 2.05) is 0 Å². The Labute approximate surface area is 42.6 Å². The van der Waals surface area contributed by atoms with Gasteiger partial charge in [-0.3, -0.25) is 4.79 Å². The SMILES string of the molecule is O=CO.[InH3]. The summed E-state index contributed by atoms with van der Waals surface area (Å²) in [6, 6.07) is 0. The van der Waals surface area contributed by atoms with Crippen molar-refractivity contribution in [3.05, 3.63) is 0 Å².